The zero-order valence-electron chi connectivity index (χ0n) is 12.1. The first kappa shape index (κ1) is 14.5. The van der Waals surface area contributed by atoms with Gasteiger partial charge in [0, 0.05) is 31.3 Å². The number of allylic oxidation sites excluding steroid dienone is 1. The van der Waals surface area contributed by atoms with Gasteiger partial charge in [0.05, 0.1) is 11.7 Å². The second-order valence-electron chi connectivity index (χ2n) is 5.90. The number of aliphatic hydroxyl groups is 1. The highest BCUT2D eigenvalue weighted by molar-refractivity contribution is 5.41. The number of hydrogen-bond donors (Lipinski definition) is 1. The van der Waals surface area contributed by atoms with E-state index in [-0.39, 0.29) is 0 Å². The molecule has 0 saturated carbocycles. The van der Waals surface area contributed by atoms with E-state index in [4.69, 9.17) is 5.26 Å². The molecule has 2 heterocycles. The summed E-state index contributed by atoms with van der Waals surface area (Å²) in [6.45, 7) is 5.38. The summed E-state index contributed by atoms with van der Waals surface area (Å²) in [5.74, 6) is 0.961. The molecule has 20 heavy (non-hydrogen) atoms. The van der Waals surface area contributed by atoms with Gasteiger partial charge in [0.1, 0.15) is 5.82 Å². The maximum absolute atomic E-state index is 9.87. The zero-order valence-corrected chi connectivity index (χ0v) is 12.1. The lowest BCUT2D eigenvalue weighted by atomic mass is 10.0. The number of hydrogen-bond acceptors (Lipinski definition) is 4. The first-order valence-electron chi connectivity index (χ1n) is 6.99. The number of nitriles is 1. The third-order valence-electron chi connectivity index (χ3n) is 3.40. The van der Waals surface area contributed by atoms with E-state index in [1.54, 1.807) is 19.9 Å². The van der Waals surface area contributed by atoms with Gasteiger partial charge in [0.15, 0.2) is 0 Å². The molecule has 0 aliphatic carbocycles. The van der Waals surface area contributed by atoms with Gasteiger partial charge in [0.25, 0.3) is 0 Å². The molecule has 0 spiro atoms. The van der Waals surface area contributed by atoms with Gasteiger partial charge in [-0.3, -0.25) is 0 Å². The van der Waals surface area contributed by atoms with Crippen molar-refractivity contribution >= 4 is 5.82 Å². The number of piperidine rings is 1. The van der Waals surface area contributed by atoms with Gasteiger partial charge in [-0.1, -0.05) is 11.6 Å². The minimum absolute atomic E-state index is 0.550. The van der Waals surface area contributed by atoms with Gasteiger partial charge in [0.2, 0.25) is 0 Å². The average molecular weight is 271 g/mol. The van der Waals surface area contributed by atoms with Crippen molar-refractivity contribution in [2.75, 3.05) is 18.0 Å². The lowest BCUT2D eigenvalue weighted by molar-refractivity contribution is 0.0800. The van der Waals surface area contributed by atoms with Crippen LogP contribution in [-0.2, 0) is 6.42 Å². The van der Waals surface area contributed by atoms with Crippen LogP contribution in [0.4, 0.5) is 5.82 Å². The molecule has 1 N–H and O–H groups in total. The SMILES string of the molecule is CC(C)(O)Cc1cccc(N2CCC(=CC#N)CC2)n1. The Morgan fingerprint density at radius 3 is 2.70 bits per heavy atom. The number of aromatic nitrogens is 1. The predicted molar refractivity (Wildman–Crippen MR) is 79.4 cm³/mol. The quantitative estimate of drug-likeness (QED) is 0.858. The molecule has 1 saturated heterocycles. The number of anilines is 1. The van der Waals surface area contributed by atoms with Crippen molar-refractivity contribution in [2.45, 2.75) is 38.7 Å². The molecule has 0 atom stereocenters. The Hall–Kier alpha value is -1.86. The third kappa shape index (κ3) is 4.07. The van der Waals surface area contributed by atoms with Crippen LogP contribution < -0.4 is 4.90 Å². The van der Waals surface area contributed by atoms with Crippen LogP contribution in [0.5, 0.6) is 0 Å². The van der Waals surface area contributed by atoms with E-state index in [1.165, 1.54) is 5.57 Å². The van der Waals surface area contributed by atoms with Gasteiger partial charge in [-0.05, 0) is 38.8 Å². The van der Waals surface area contributed by atoms with Crippen LogP contribution in [0.1, 0.15) is 32.4 Å². The summed E-state index contributed by atoms with van der Waals surface area (Å²) in [6, 6.07) is 8.05. The third-order valence-corrected chi connectivity index (χ3v) is 3.40. The van der Waals surface area contributed by atoms with Crippen LogP contribution in [0.2, 0.25) is 0 Å². The Labute approximate surface area is 120 Å². The Kier molecular flexibility index (Phi) is 4.41. The van der Waals surface area contributed by atoms with E-state index in [9.17, 15) is 5.11 Å². The molecule has 2 rings (SSSR count). The van der Waals surface area contributed by atoms with Crippen LogP contribution in [0.15, 0.2) is 29.8 Å². The van der Waals surface area contributed by atoms with Crippen LogP contribution in [0.3, 0.4) is 0 Å². The molecule has 1 aliphatic heterocycles. The summed E-state index contributed by atoms with van der Waals surface area (Å²) >= 11 is 0. The van der Waals surface area contributed by atoms with Gasteiger partial charge in [-0.15, -0.1) is 0 Å². The number of pyridine rings is 1. The molecule has 0 amide bonds. The predicted octanol–water partition coefficient (Wildman–Crippen LogP) is 2.45. The summed E-state index contributed by atoms with van der Waals surface area (Å²) in [6.07, 6.45) is 4.06. The van der Waals surface area contributed by atoms with E-state index in [2.05, 4.69) is 16.0 Å². The Morgan fingerprint density at radius 1 is 1.40 bits per heavy atom. The smallest absolute Gasteiger partial charge is 0.128 e. The van der Waals surface area contributed by atoms with E-state index in [0.29, 0.717) is 6.42 Å². The minimum Gasteiger partial charge on any atom is -0.390 e. The maximum atomic E-state index is 9.87. The van der Waals surface area contributed by atoms with Crippen molar-refractivity contribution in [1.82, 2.24) is 4.98 Å². The summed E-state index contributed by atoms with van der Waals surface area (Å²) in [7, 11) is 0. The van der Waals surface area contributed by atoms with E-state index in [0.717, 1.165) is 37.4 Å². The Bertz CT molecular complexity index is 527. The molecule has 0 radical (unpaired) electrons. The van der Waals surface area contributed by atoms with Crippen LogP contribution in [0, 0.1) is 11.3 Å². The Morgan fingerprint density at radius 2 is 2.10 bits per heavy atom. The van der Waals surface area contributed by atoms with Crippen molar-refractivity contribution in [3.8, 4) is 6.07 Å². The Balaban J connectivity index is 2.06. The van der Waals surface area contributed by atoms with Crippen molar-refractivity contribution in [3.05, 3.63) is 35.5 Å². The summed E-state index contributed by atoms with van der Waals surface area (Å²) in [5, 5.41) is 18.5. The molecule has 1 aliphatic rings. The molecule has 0 bridgehead atoms. The molecule has 106 valence electrons. The van der Waals surface area contributed by atoms with Crippen molar-refractivity contribution in [2.24, 2.45) is 0 Å². The van der Waals surface area contributed by atoms with Crippen molar-refractivity contribution in [3.63, 3.8) is 0 Å². The van der Waals surface area contributed by atoms with Crippen molar-refractivity contribution in [1.29, 1.82) is 5.26 Å². The molecular weight excluding hydrogens is 250 g/mol. The monoisotopic (exact) mass is 271 g/mol. The van der Waals surface area contributed by atoms with Crippen LogP contribution in [-0.4, -0.2) is 28.8 Å². The minimum atomic E-state index is -0.740. The fourth-order valence-electron chi connectivity index (χ4n) is 2.44. The molecule has 1 fully saturated rings. The molecule has 0 unspecified atom stereocenters. The second-order valence-corrected chi connectivity index (χ2v) is 5.90. The van der Waals surface area contributed by atoms with Gasteiger partial charge < -0.3 is 10.0 Å². The summed E-state index contributed by atoms with van der Waals surface area (Å²) < 4.78 is 0. The largest absolute Gasteiger partial charge is 0.390 e. The molecule has 1 aromatic rings. The fraction of sp³-hybridized carbons (Fsp3) is 0.500. The standard InChI is InChI=1S/C16H21N3O/c1-16(2,20)12-14-4-3-5-15(18-14)19-10-7-13(6-9-17)8-11-19/h3-6,20H,7-8,10-12H2,1-2H3. The zero-order chi connectivity index (χ0) is 14.6. The molecule has 4 heteroatoms. The van der Waals surface area contributed by atoms with E-state index >= 15 is 0 Å². The number of nitrogens with zero attached hydrogens (tertiary/aromatic N) is 3. The van der Waals surface area contributed by atoms with E-state index < -0.39 is 5.60 Å². The summed E-state index contributed by atoms with van der Waals surface area (Å²) in [5.41, 5.74) is 1.39. The molecular formula is C16H21N3O. The molecule has 4 nitrogen and oxygen atoms in total. The molecule has 1 aromatic heterocycles. The highest BCUT2D eigenvalue weighted by atomic mass is 16.3. The summed E-state index contributed by atoms with van der Waals surface area (Å²) in [4.78, 5) is 6.87. The fourth-order valence-corrected chi connectivity index (χ4v) is 2.44. The van der Waals surface area contributed by atoms with Crippen LogP contribution in [0.25, 0.3) is 0 Å². The lowest BCUT2D eigenvalue weighted by Crippen LogP contribution is -2.31. The van der Waals surface area contributed by atoms with Gasteiger partial charge in [-0.25, -0.2) is 4.98 Å². The first-order chi connectivity index (χ1) is 9.48. The normalized spacial score (nSPS) is 15.9. The first-order valence-corrected chi connectivity index (χ1v) is 6.99. The lowest BCUT2D eigenvalue weighted by Gasteiger charge is -2.29. The molecule has 0 aromatic carbocycles. The maximum Gasteiger partial charge on any atom is 0.128 e. The van der Waals surface area contributed by atoms with Gasteiger partial charge in [-0.2, -0.15) is 5.26 Å². The highest BCUT2D eigenvalue weighted by Gasteiger charge is 2.18. The van der Waals surface area contributed by atoms with Gasteiger partial charge >= 0.3 is 0 Å². The topological polar surface area (TPSA) is 60.1 Å². The second kappa shape index (κ2) is 6.06. The average Bonchev–Trinajstić information content (AvgIpc) is 2.38. The number of rotatable bonds is 3. The highest BCUT2D eigenvalue weighted by Crippen LogP contribution is 2.22. The van der Waals surface area contributed by atoms with Crippen molar-refractivity contribution < 1.29 is 5.11 Å². The van der Waals surface area contributed by atoms with E-state index in [1.807, 2.05) is 18.2 Å². The van der Waals surface area contributed by atoms with Crippen LogP contribution >= 0.6 is 0 Å².